The molecule has 1 amide bonds. The highest BCUT2D eigenvalue weighted by molar-refractivity contribution is 7.22. The quantitative estimate of drug-likeness (QED) is 0.498. The molecule has 6 heteroatoms. The number of amides is 1. The highest BCUT2D eigenvalue weighted by atomic mass is 32.1. The standard InChI is InChI=1S/C21H17N3OS2/c25-19(15-10-9-13-5-1-2-6-14(13)11-15)24-21-23-17(12-26-21)20-22-16-7-3-4-8-18(16)27-20/h3-4,7-12H,1-2,5-6H2,(H,23,24,25). The maximum Gasteiger partial charge on any atom is 0.257 e. The number of nitrogens with one attached hydrogen (secondary N) is 1. The van der Waals surface area contributed by atoms with Gasteiger partial charge in [-0.15, -0.1) is 22.7 Å². The summed E-state index contributed by atoms with van der Waals surface area (Å²) in [6.07, 6.45) is 4.63. The van der Waals surface area contributed by atoms with Gasteiger partial charge in [-0.1, -0.05) is 18.2 Å². The molecular weight excluding hydrogens is 374 g/mol. The summed E-state index contributed by atoms with van der Waals surface area (Å²) in [7, 11) is 0. The summed E-state index contributed by atoms with van der Waals surface area (Å²) in [4.78, 5) is 21.8. The largest absolute Gasteiger partial charge is 0.298 e. The number of benzene rings is 2. The van der Waals surface area contributed by atoms with Crippen LogP contribution < -0.4 is 5.32 Å². The van der Waals surface area contributed by atoms with Crippen molar-refractivity contribution in [1.29, 1.82) is 0 Å². The Morgan fingerprint density at radius 2 is 1.85 bits per heavy atom. The van der Waals surface area contributed by atoms with Gasteiger partial charge < -0.3 is 0 Å². The first-order valence-corrected chi connectivity index (χ1v) is 10.7. The third-order valence-electron chi connectivity index (χ3n) is 4.85. The molecule has 27 heavy (non-hydrogen) atoms. The highest BCUT2D eigenvalue weighted by Gasteiger charge is 2.15. The molecule has 2 aromatic heterocycles. The molecule has 0 fully saturated rings. The SMILES string of the molecule is O=C(Nc1nc(-c2nc3ccccc3s2)cs1)c1ccc2c(c1)CCCC2. The molecule has 4 aromatic rings. The van der Waals surface area contributed by atoms with Crippen LogP contribution in [0.15, 0.2) is 47.8 Å². The molecule has 5 rings (SSSR count). The van der Waals surface area contributed by atoms with E-state index in [9.17, 15) is 4.79 Å². The fourth-order valence-corrected chi connectivity index (χ4v) is 5.15. The fraction of sp³-hybridized carbons (Fsp3) is 0.190. The molecule has 0 spiro atoms. The van der Waals surface area contributed by atoms with E-state index in [0.717, 1.165) is 33.8 Å². The first-order valence-electron chi connectivity index (χ1n) is 9.01. The summed E-state index contributed by atoms with van der Waals surface area (Å²) >= 11 is 3.04. The Morgan fingerprint density at radius 1 is 1.00 bits per heavy atom. The van der Waals surface area contributed by atoms with Gasteiger partial charge in [0.15, 0.2) is 5.13 Å². The number of para-hydroxylation sites is 1. The highest BCUT2D eigenvalue weighted by Crippen LogP contribution is 2.32. The molecule has 0 saturated heterocycles. The van der Waals surface area contributed by atoms with E-state index in [4.69, 9.17) is 0 Å². The van der Waals surface area contributed by atoms with Gasteiger partial charge in [0.2, 0.25) is 0 Å². The molecule has 0 atom stereocenters. The molecule has 1 aliphatic rings. The normalized spacial score (nSPS) is 13.5. The molecule has 0 radical (unpaired) electrons. The van der Waals surface area contributed by atoms with Crippen LogP contribution in [0.1, 0.15) is 34.3 Å². The lowest BCUT2D eigenvalue weighted by Gasteiger charge is -2.16. The van der Waals surface area contributed by atoms with E-state index in [-0.39, 0.29) is 5.91 Å². The van der Waals surface area contributed by atoms with Gasteiger partial charge in [0.05, 0.1) is 10.2 Å². The Morgan fingerprint density at radius 3 is 2.74 bits per heavy atom. The minimum absolute atomic E-state index is 0.103. The van der Waals surface area contributed by atoms with E-state index in [2.05, 4.69) is 27.4 Å². The van der Waals surface area contributed by atoms with Crippen molar-refractivity contribution in [2.75, 3.05) is 5.32 Å². The van der Waals surface area contributed by atoms with Crippen molar-refractivity contribution in [3.8, 4) is 10.7 Å². The number of hydrogen-bond acceptors (Lipinski definition) is 5. The summed E-state index contributed by atoms with van der Waals surface area (Å²) in [5, 5.41) is 6.36. The number of carbonyl (C=O) groups is 1. The maximum atomic E-state index is 12.6. The maximum absolute atomic E-state index is 12.6. The van der Waals surface area contributed by atoms with Crippen LogP contribution in [0.2, 0.25) is 0 Å². The number of anilines is 1. The molecule has 2 aromatic carbocycles. The van der Waals surface area contributed by atoms with Gasteiger partial charge in [-0.2, -0.15) is 0 Å². The van der Waals surface area contributed by atoms with Crippen molar-refractivity contribution < 1.29 is 4.79 Å². The zero-order valence-electron chi connectivity index (χ0n) is 14.6. The molecule has 1 aliphatic carbocycles. The zero-order valence-corrected chi connectivity index (χ0v) is 16.2. The average Bonchev–Trinajstić information content (AvgIpc) is 3.34. The second kappa shape index (κ2) is 6.87. The average molecular weight is 392 g/mol. The first kappa shape index (κ1) is 16.6. The third-order valence-corrected chi connectivity index (χ3v) is 6.66. The summed E-state index contributed by atoms with van der Waals surface area (Å²) in [5.74, 6) is -0.103. The molecule has 134 valence electrons. The number of rotatable bonds is 3. The number of nitrogens with zero attached hydrogens (tertiary/aromatic N) is 2. The summed E-state index contributed by atoms with van der Waals surface area (Å²) < 4.78 is 1.14. The van der Waals surface area contributed by atoms with Crippen molar-refractivity contribution in [2.45, 2.75) is 25.7 Å². The van der Waals surface area contributed by atoms with Crippen LogP contribution in [-0.2, 0) is 12.8 Å². The van der Waals surface area contributed by atoms with Crippen molar-refractivity contribution in [3.05, 3.63) is 64.5 Å². The lowest BCUT2D eigenvalue weighted by atomic mass is 9.90. The van der Waals surface area contributed by atoms with Crippen LogP contribution in [0.3, 0.4) is 0 Å². The van der Waals surface area contributed by atoms with Crippen LogP contribution >= 0.6 is 22.7 Å². The Hall–Kier alpha value is -2.57. The van der Waals surface area contributed by atoms with Gasteiger partial charge >= 0.3 is 0 Å². The van der Waals surface area contributed by atoms with Gasteiger partial charge in [-0.05, 0) is 61.1 Å². The number of hydrogen-bond donors (Lipinski definition) is 1. The van der Waals surface area contributed by atoms with Crippen LogP contribution in [0, 0.1) is 0 Å². The van der Waals surface area contributed by atoms with Crippen LogP contribution in [-0.4, -0.2) is 15.9 Å². The van der Waals surface area contributed by atoms with E-state index in [0.29, 0.717) is 10.7 Å². The Balaban J connectivity index is 1.36. The topological polar surface area (TPSA) is 54.9 Å². The van der Waals surface area contributed by atoms with E-state index in [1.165, 1.54) is 35.3 Å². The van der Waals surface area contributed by atoms with Crippen molar-refractivity contribution in [2.24, 2.45) is 0 Å². The number of aromatic nitrogens is 2. The number of aryl methyl sites for hydroxylation is 2. The second-order valence-electron chi connectivity index (χ2n) is 6.67. The van der Waals surface area contributed by atoms with E-state index in [1.54, 1.807) is 11.3 Å². The summed E-state index contributed by atoms with van der Waals surface area (Å²) in [5.41, 5.74) is 5.17. The Labute approximate surface area is 164 Å². The number of fused-ring (bicyclic) bond motifs is 2. The van der Waals surface area contributed by atoms with Gasteiger partial charge in [-0.25, -0.2) is 9.97 Å². The van der Waals surface area contributed by atoms with Crippen molar-refractivity contribution >= 4 is 43.9 Å². The molecule has 0 saturated carbocycles. The molecule has 2 heterocycles. The number of thiazole rings is 2. The van der Waals surface area contributed by atoms with Crippen molar-refractivity contribution in [3.63, 3.8) is 0 Å². The number of carbonyl (C=O) groups excluding carboxylic acids is 1. The van der Waals surface area contributed by atoms with Crippen LogP contribution in [0.4, 0.5) is 5.13 Å². The Bertz CT molecular complexity index is 1110. The van der Waals surface area contributed by atoms with E-state index in [1.807, 2.05) is 35.7 Å². The van der Waals surface area contributed by atoms with E-state index >= 15 is 0 Å². The van der Waals surface area contributed by atoms with Crippen LogP contribution in [0.5, 0.6) is 0 Å². The fourth-order valence-electron chi connectivity index (χ4n) is 3.46. The smallest absolute Gasteiger partial charge is 0.257 e. The molecule has 1 N–H and O–H groups in total. The minimum Gasteiger partial charge on any atom is -0.298 e. The third kappa shape index (κ3) is 3.26. The van der Waals surface area contributed by atoms with Gasteiger partial charge in [0, 0.05) is 10.9 Å². The summed E-state index contributed by atoms with van der Waals surface area (Å²) in [6.45, 7) is 0. The van der Waals surface area contributed by atoms with E-state index < -0.39 is 0 Å². The second-order valence-corrected chi connectivity index (χ2v) is 8.56. The van der Waals surface area contributed by atoms with Gasteiger partial charge in [0.1, 0.15) is 10.7 Å². The molecule has 0 bridgehead atoms. The van der Waals surface area contributed by atoms with Gasteiger partial charge in [0.25, 0.3) is 5.91 Å². The lowest BCUT2D eigenvalue weighted by Crippen LogP contribution is -2.13. The first-order chi connectivity index (χ1) is 13.3. The molecular formula is C21H17N3OS2. The van der Waals surface area contributed by atoms with Crippen molar-refractivity contribution in [1.82, 2.24) is 9.97 Å². The predicted octanol–water partition coefficient (Wildman–Crippen LogP) is 5.55. The monoisotopic (exact) mass is 391 g/mol. The van der Waals surface area contributed by atoms with Crippen LogP contribution in [0.25, 0.3) is 20.9 Å². The molecule has 0 aliphatic heterocycles. The predicted molar refractivity (Wildman–Crippen MR) is 112 cm³/mol. The molecule has 4 nitrogen and oxygen atoms in total. The molecule has 0 unspecified atom stereocenters. The van der Waals surface area contributed by atoms with Gasteiger partial charge in [-0.3, -0.25) is 10.1 Å². The lowest BCUT2D eigenvalue weighted by molar-refractivity contribution is 0.102. The minimum atomic E-state index is -0.103. The zero-order chi connectivity index (χ0) is 18.2. The Kier molecular flexibility index (Phi) is 4.22. The summed E-state index contributed by atoms with van der Waals surface area (Å²) in [6, 6.07) is 14.1.